The molecule has 0 fully saturated rings. The Balaban J connectivity index is 1.93. The van der Waals surface area contributed by atoms with E-state index in [1.807, 2.05) is 12.1 Å². The van der Waals surface area contributed by atoms with E-state index < -0.39 is 5.91 Å². The number of hydrogen-bond donors (Lipinski definition) is 1. The normalized spacial score (nSPS) is 10.9. The Hall–Kier alpha value is -1.57. The van der Waals surface area contributed by atoms with Crippen LogP contribution < -0.4 is 5.73 Å². The molecule has 0 radical (unpaired) electrons. The summed E-state index contributed by atoms with van der Waals surface area (Å²) in [5.74, 6) is -0.449. The van der Waals surface area contributed by atoms with Crippen molar-refractivity contribution in [1.29, 1.82) is 0 Å². The highest BCUT2D eigenvalue weighted by Gasteiger charge is 2.04. The van der Waals surface area contributed by atoms with Crippen molar-refractivity contribution in [2.75, 3.05) is 0 Å². The van der Waals surface area contributed by atoms with Gasteiger partial charge in [0.15, 0.2) is 0 Å². The maximum absolute atomic E-state index is 11.1. The highest BCUT2D eigenvalue weighted by molar-refractivity contribution is 6.17. The van der Waals surface area contributed by atoms with Gasteiger partial charge in [0.05, 0.1) is 0 Å². The van der Waals surface area contributed by atoms with E-state index in [1.54, 1.807) is 0 Å². The topological polar surface area (TPSA) is 43.1 Å². The average Bonchev–Trinajstić information content (AvgIpc) is 2.68. The molecule has 0 saturated carbocycles. The van der Waals surface area contributed by atoms with Gasteiger partial charge in [-0.05, 0) is 24.0 Å². The van der Waals surface area contributed by atoms with Crippen LogP contribution in [0.15, 0.2) is 30.8 Å². The molecular formula is C25H41NO. The molecule has 0 spiro atoms. The zero-order valence-corrected chi connectivity index (χ0v) is 17.6. The van der Waals surface area contributed by atoms with Crippen LogP contribution in [0.1, 0.15) is 108 Å². The largest absolute Gasteiger partial charge is 0.366 e. The van der Waals surface area contributed by atoms with Crippen LogP contribution in [0.5, 0.6) is 0 Å². The number of primary amides is 1. The second-order valence-corrected chi connectivity index (χ2v) is 7.89. The van der Waals surface area contributed by atoms with Gasteiger partial charge in [0.25, 0.3) is 0 Å². The lowest BCUT2D eigenvalue weighted by atomic mass is 10.0. The summed E-state index contributed by atoms with van der Waals surface area (Å²) in [7, 11) is 0. The molecule has 0 heterocycles. The lowest BCUT2D eigenvalue weighted by molar-refractivity contribution is -0.112. The molecular weight excluding hydrogens is 330 g/mol. The summed E-state index contributed by atoms with van der Waals surface area (Å²) in [4.78, 5) is 11.1. The Kier molecular flexibility index (Phi) is 13.5. The van der Waals surface area contributed by atoms with Crippen LogP contribution in [0.3, 0.4) is 0 Å². The summed E-state index contributed by atoms with van der Waals surface area (Å²) in [6.07, 6.45) is 20.6. The molecule has 27 heavy (non-hydrogen) atoms. The number of nitrogens with two attached hydrogens (primary N) is 1. The van der Waals surface area contributed by atoms with E-state index in [4.69, 9.17) is 5.73 Å². The molecule has 0 aromatic heterocycles. The second kappa shape index (κ2) is 15.5. The molecule has 1 amide bonds. The molecule has 2 heteroatoms. The molecule has 0 aliphatic heterocycles. The molecule has 0 saturated heterocycles. The first-order valence-electron chi connectivity index (χ1n) is 11.2. The van der Waals surface area contributed by atoms with E-state index in [0.29, 0.717) is 5.57 Å². The van der Waals surface area contributed by atoms with Crippen molar-refractivity contribution in [2.45, 2.75) is 103 Å². The van der Waals surface area contributed by atoms with Crippen LogP contribution in [-0.4, -0.2) is 5.91 Å². The third-order valence-corrected chi connectivity index (χ3v) is 5.42. The van der Waals surface area contributed by atoms with Gasteiger partial charge >= 0.3 is 0 Å². The van der Waals surface area contributed by atoms with Gasteiger partial charge in [0.1, 0.15) is 0 Å². The summed E-state index contributed by atoms with van der Waals surface area (Å²) in [6.45, 7) is 6.00. The van der Waals surface area contributed by atoms with Crippen molar-refractivity contribution in [2.24, 2.45) is 5.73 Å². The van der Waals surface area contributed by atoms with Gasteiger partial charge in [-0.25, -0.2) is 0 Å². The molecule has 1 aromatic carbocycles. The van der Waals surface area contributed by atoms with Gasteiger partial charge < -0.3 is 5.73 Å². The lowest BCUT2D eigenvalue weighted by Gasteiger charge is -2.05. The van der Waals surface area contributed by atoms with Crippen LogP contribution in [0.4, 0.5) is 0 Å². The van der Waals surface area contributed by atoms with Gasteiger partial charge in [-0.1, -0.05) is 121 Å². The lowest BCUT2D eigenvalue weighted by Crippen LogP contribution is -2.11. The van der Waals surface area contributed by atoms with Crippen molar-refractivity contribution in [3.05, 3.63) is 42.0 Å². The van der Waals surface area contributed by atoms with Crippen LogP contribution >= 0.6 is 0 Å². The molecule has 1 aromatic rings. The molecule has 152 valence electrons. The predicted molar refractivity (Wildman–Crippen MR) is 119 cm³/mol. The van der Waals surface area contributed by atoms with Crippen LogP contribution in [0, 0.1) is 0 Å². The highest BCUT2D eigenvalue weighted by atomic mass is 16.1. The average molecular weight is 372 g/mol. The number of aryl methyl sites for hydroxylation is 1. The van der Waals surface area contributed by atoms with E-state index in [1.165, 1.54) is 95.5 Å². The number of carbonyl (C=O) groups excluding carboxylic acids is 1. The number of amides is 1. The van der Waals surface area contributed by atoms with Gasteiger partial charge in [-0.2, -0.15) is 0 Å². The van der Waals surface area contributed by atoms with E-state index in [9.17, 15) is 4.79 Å². The second-order valence-electron chi connectivity index (χ2n) is 7.89. The number of benzene rings is 1. The number of hydrogen-bond acceptors (Lipinski definition) is 1. The smallest absolute Gasteiger partial charge is 0.248 e. The maximum atomic E-state index is 11.1. The quantitative estimate of drug-likeness (QED) is 0.228. The van der Waals surface area contributed by atoms with Crippen molar-refractivity contribution >= 4 is 11.5 Å². The predicted octanol–water partition coefficient (Wildman–Crippen LogP) is 7.21. The summed E-state index contributed by atoms with van der Waals surface area (Å²) >= 11 is 0. The van der Waals surface area contributed by atoms with Crippen molar-refractivity contribution < 1.29 is 4.79 Å². The Bertz CT molecular complexity index is 518. The fraction of sp³-hybridized carbons (Fsp3) is 0.640. The molecule has 0 atom stereocenters. The van der Waals surface area contributed by atoms with E-state index in [2.05, 4.69) is 25.6 Å². The summed E-state index contributed by atoms with van der Waals surface area (Å²) < 4.78 is 0. The Morgan fingerprint density at radius 1 is 0.741 bits per heavy atom. The minimum atomic E-state index is -0.449. The molecule has 2 nitrogen and oxygen atoms in total. The molecule has 0 aliphatic rings. The maximum Gasteiger partial charge on any atom is 0.248 e. The highest BCUT2D eigenvalue weighted by Crippen LogP contribution is 2.16. The standard InChI is InChI=1S/C25H41NO/c1-3-4-5-6-7-8-9-10-11-12-13-14-15-16-17-23-18-20-24(21-19-23)22(2)25(26)27/h18-21H,2-17H2,1H3,(H2,26,27). The number of unbranched alkanes of at least 4 members (excludes halogenated alkanes) is 13. The van der Waals surface area contributed by atoms with Crippen molar-refractivity contribution in [3.8, 4) is 0 Å². The molecule has 1 rings (SSSR count). The third kappa shape index (κ3) is 11.7. The molecule has 0 unspecified atom stereocenters. The van der Waals surface area contributed by atoms with Crippen LogP contribution in [-0.2, 0) is 11.2 Å². The first-order valence-corrected chi connectivity index (χ1v) is 11.2. The SMILES string of the molecule is C=C(C(N)=O)c1ccc(CCCCCCCCCCCCCCCC)cc1. The van der Waals surface area contributed by atoms with Crippen LogP contribution in [0.2, 0.25) is 0 Å². The summed E-state index contributed by atoms with van der Waals surface area (Å²) in [5.41, 5.74) is 7.80. The zero-order chi connectivity index (χ0) is 19.7. The fourth-order valence-electron chi connectivity index (χ4n) is 3.54. The van der Waals surface area contributed by atoms with Crippen molar-refractivity contribution in [3.63, 3.8) is 0 Å². The number of carbonyl (C=O) groups is 1. The summed E-state index contributed by atoms with van der Waals surface area (Å²) in [5, 5.41) is 0. The third-order valence-electron chi connectivity index (χ3n) is 5.42. The van der Waals surface area contributed by atoms with E-state index >= 15 is 0 Å². The van der Waals surface area contributed by atoms with Gasteiger partial charge in [-0.3, -0.25) is 4.79 Å². The fourth-order valence-corrected chi connectivity index (χ4v) is 3.54. The first-order chi connectivity index (χ1) is 13.1. The Labute approximate surface area is 167 Å². The van der Waals surface area contributed by atoms with Gasteiger partial charge in [0.2, 0.25) is 5.91 Å². The molecule has 2 N–H and O–H groups in total. The first kappa shape index (κ1) is 23.5. The van der Waals surface area contributed by atoms with Crippen molar-refractivity contribution in [1.82, 2.24) is 0 Å². The number of rotatable bonds is 17. The molecule has 0 bridgehead atoms. The minimum absolute atomic E-state index is 0.387. The zero-order valence-electron chi connectivity index (χ0n) is 17.6. The molecule has 0 aliphatic carbocycles. The monoisotopic (exact) mass is 371 g/mol. The van der Waals surface area contributed by atoms with Gasteiger partial charge in [0, 0.05) is 5.57 Å². The van der Waals surface area contributed by atoms with Gasteiger partial charge in [-0.15, -0.1) is 0 Å². The van der Waals surface area contributed by atoms with E-state index in [-0.39, 0.29) is 0 Å². The Morgan fingerprint density at radius 2 is 1.15 bits per heavy atom. The van der Waals surface area contributed by atoms with Crippen LogP contribution in [0.25, 0.3) is 5.57 Å². The minimum Gasteiger partial charge on any atom is -0.366 e. The summed E-state index contributed by atoms with van der Waals surface area (Å²) in [6, 6.07) is 8.08. The van der Waals surface area contributed by atoms with E-state index in [0.717, 1.165) is 12.0 Å². The Morgan fingerprint density at radius 3 is 1.56 bits per heavy atom.